The second kappa shape index (κ2) is 11.9. The quantitative estimate of drug-likeness (QED) is 0.128. The number of ether oxygens (including phenoxy) is 2. The topological polar surface area (TPSA) is 18.5 Å². The molecule has 0 saturated heterocycles. The highest BCUT2D eigenvalue weighted by atomic mass is 16.5. The summed E-state index contributed by atoms with van der Waals surface area (Å²) in [6, 6.07) is 50.6. The van der Waals surface area contributed by atoms with Gasteiger partial charge in [-0.05, 0) is 199 Å². The highest BCUT2D eigenvalue weighted by molar-refractivity contribution is 7.01. The van der Waals surface area contributed by atoms with Crippen LogP contribution >= 0.6 is 0 Å². The summed E-state index contributed by atoms with van der Waals surface area (Å²) in [4.78, 5) is 0. The van der Waals surface area contributed by atoms with Crippen LogP contribution in [-0.4, -0.2) is 13.4 Å². The van der Waals surface area contributed by atoms with E-state index in [2.05, 4.69) is 175 Å². The molecule has 0 aromatic heterocycles. The van der Waals surface area contributed by atoms with Crippen molar-refractivity contribution in [2.24, 2.45) is 0 Å². The molecule has 2 nitrogen and oxygen atoms in total. The molecule has 0 aliphatic carbocycles. The fourth-order valence-electron chi connectivity index (χ4n) is 12.9. The Balaban J connectivity index is 1.27. The normalized spacial score (nSPS) is 13.5. The predicted octanol–water partition coefficient (Wildman–Crippen LogP) is 11.0. The molecule has 0 atom stereocenters. The van der Waals surface area contributed by atoms with Crippen molar-refractivity contribution >= 4 is 78.5 Å². The van der Waals surface area contributed by atoms with Crippen LogP contribution in [0.2, 0.25) is 0 Å². The number of benzene rings is 10. The van der Waals surface area contributed by atoms with Crippen LogP contribution in [0.5, 0.6) is 23.0 Å². The third-order valence-electron chi connectivity index (χ3n) is 14.9. The fraction of sp³-hybridized carbons (Fsp3) is 0.103. The molecule has 4 heteroatoms. The zero-order valence-corrected chi connectivity index (χ0v) is 35.7. The molecule has 4 heterocycles. The Morgan fingerprint density at radius 1 is 0.323 bits per heavy atom. The van der Waals surface area contributed by atoms with Gasteiger partial charge in [-0.1, -0.05) is 119 Å². The van der Waals surface area contributed by atoms with Gasteiger partial charge in [0.15, 0.2) is 0 Å². The minimum Gasteiger partial charge on any atom is -0.458 e. The van der Waals surface area contributed by atoms with Crippen LogP contribution < -0.4 is 42.3 Å². The Kier molecular flexibility index (Phi) is 6.63. The van der Waals surface area contributed by atoms with Crippen molar-refractivity contribution in [1.82, 2.24) is 0 Å². The van der Waals surface area contributed by atoms with E-state index in [4.69, 9.17) is 9.47 Å². The minimum atomic E-state index is 0.0183. The lowest BCUT2D eigenvalue weighted by Gasteiger charge is -2.37. The van der Waals surface area contributed by atoms with Gasteiger partial charge in [0, 0.05) is 0 Å². The van der Waals surface area contributed by atoms with Crippen LogP contribution in [0.15, 0.2) is 133 Å². The van der Waals surface area contributed by atoms with Gasteiger partial charge in [-0.2, -0.15) is 0 Å². The zero-order valence-electron chi connectivity index (χ0n) is 35.7. The lowest BCUT2D eigenvalue weighted by atomic mass is 9.32. The van der Waals surface area contributed by atoms with Gasteiger partial charge in [0.05, 0.1) is 0 Å². The van der Waals surface area contributed by atoms with E-state index >= 15 is 0 Å². The molecule has 4 aliphatic rings. The summed E-state index contributed by atoms with van der Waals surface area (Å²) < 4.78 is 13.6. The van der Waals surface area contributed by atoms with Gasteiger partial charge in [0.2, 0.25) is 0 Å². The number of rotatable bonds is 2. The molecule has 4 aliphatic heterocycles. The molecule has 10 aromatic rings. The van der Waals surface area contributed by atoms with Crippen LogP contribution in [0.1, 0.15) is 33.4 Å². The van der Waals surface area contributed by atoms with Crippen molar-refractivity contribution < 1.29 is 9.47 Å². The van der Waals surface area contributed by atoms with Crippen molar-refractivity contribution in [1.29, 1.82) is 0 Å². The van der Waals surface area contributed by atoms with E-state index in [1.54, 1.807) is 0 Å². The molecule has 290 valence electrons. The molecular formula is C58H40B2O2. The van der Waals surface area contributed by atoms with Crippen molar-refractivity contribution in [3.8, 4) is 67.5 Å². The van der Waals surface area contributed by atoms with Crippen molar-refractivity contribution in [3.63, 3.8) is 0 Å². The summed E-state index contributed by atoms with van der Waals surface area (Å²) >= 11 is 0. The number of aryl methyl sites for hydroxylation is 6. The number of hydrogen-bond donors (Lipinski definition) is 0. The molecule has 0 amide bonds. The van der Waals surface area contributed by atoms with Gasteiger partial charge in [0.1, 0.15) is 23.0 Å². The Morgan fingerprint density at radius 2 is 0.710 bits per heavy atom. The zero-order chi connectivity index (χ0) is 41.4. The molecule has 0 spiro atoms. The third-order valence-corrected chi connectivity index (χ3v) is 14.9. The van der Waals surface area contributed by atoms with Gasteiger partial charge in [-0.3, -0.25) is 0 Å². The molecule has 0 bridgehead atoms. The van der Waals surface area contributed by atoms with Gasteiger partial charge < -0.3 is 9.47 Å². The Labute approximate surface area is 362 Å². The van der Waals surface area contributed by atoms with Gasteiger partial charge >= 0.3 is 0 Å². The van der Waals surface area contributed by atoms with Crippen LogP contribution in [0.3, 0.4) is 0 Å². The Morgan fingerprint density at radius 3 is 1.13 bits per heavy atom. The van der Waals surface area contributed by atoms with E-state index < -0.39 is 0 Å². The molecule has 0 saturated carbocycles. The van der Waals surface area contributed by atoms with E-state index in [9.17, 15) is 0 Å². The largest absolute Gasteiger partial charge is 0.458 e. The number of hydrogen-bond acceptors (Lipinski definition) is 2. The minimum absolute atomic E-state index is 0.0183. The molecule has 0 N–H and O–H groups in total. The maximum Gasteiger partial charge on any atom is 0.252 e. The fourth-order valence-corrected chi connectivity index (χ4v) is 12.9. The lowest BCUT2D eigenvalue weighted by molar-refractivity contribution is 0.487. The highest BCUT2D eigenvalue weighted by Gasteiger charge is 2.44. The summed E-state index contributed by atoms with van der Waals surface area (Å²) in [7, 11) is 0. The lowest BCUT2D eigenvalue weighted by Crippen LogP contribution is -2.58. The van der Waals surface area contributed by atoms with Crippen molar-refractivity contribution in [2.75, 3.05) is 0 Å². The molecule has 14 rings (SSSR count). The Hall–Kier alpha value is -7.03. The van der Waals surface area contributed by atoms with Gasteiger partial charge in [0.25, 0.3) is 13.4 Å². The van der Waals surface area contributed by atoms with Crippen LogP contribution in [0.25, 0.3) is 76.8 Å². The van der Waals surface area contributed by atoms with E-state index in [0.717, 1.165) is 23.0 Å². The van der Waals surface area contributed by atoms with Crippen LogP contribution in [-0.2, 0) is 0 Å². The van der Waals surface area contributed by atoms with Crippen LogP contribution in [0.4, 0.5) is 0 Å². The third kappa shape index (κ3) is 4.27. The van der Waals surface area contributed by atoms with Crippen LogP contribution in [0, 0.1) is 41.5 Å². The first-order chi connectivity index (χ1) is 30.2. The molecule has 62 heavy (non-hydrogen) atoms. The maximum absolute atomic E-state index is 6.81. The maximum atomic E-state index is 6.81. The molecule has 0 unspecified atom stereocenters. The number of fused-ring (bicyclic) bond motifs is 8. The Bertz CT molecular complexity index is 3440. The van der Waals surface area contributed by atoms with E-state index in [1.807, 2.05) is 0 Å². The standard InChI is InChI=1S/C58H40B2O2/c1-29-21-31(3)51(32(4)22-29)39-25-37-35-13-11-19-49-57(35)60(44-16-8-10-18-48(44)61-49)46-28-42-40(52-33(5)23-30(2)24-34(52)6)26-38-36-14-12-20-50-58(36)59(43-15-7-9-17-47(43)62-50)45-27-41(39)55(53(37)46)56(42)54(38)45/h7-28H,1-6H3. The van der Waals surface area contributed by atoms with Crippen molar-refractivity contribution in [3.05, 3.63) is 167 Å². The SMILES string of the molecule is Cc1cc(C)c(-c2cc3c4c(cc5c(-c6c(C)cc(C)cc6C)cc6c7c(cc2c4c57)B2c4ccccc4Oc4cccc-6c42)B2c4ccccc4Oc4cccc-3c42)c(C)c1. The monoisotopic (exact) mass is 790 g/mol. The smallest absolute Gasteiger partial charge is 0.252 e. The predicted molar refractivity (Wildman–Crippen MR) is 263 cm³/mol. The summed E-state index contributed by atoms with van der Waals surface area (Å²) in [5.41, 5.74) is 25.8. The van der Waals surface area contributed by atoms with Crippen molar-refractivity contribution in [2.45, 2.75) is 41.5 Å². The highest BCUT2D eigenvalue weighted by Crippen LogP contribution is 2.52. The van der Waals surface area contributed by atoms with E-state index in [-0.39, 0.29) is 13.4 Å². The summed E-state index contributed by atoms with van der Waals surface area (Å²) in [6.45, 7) is 13.7. The molecule has 0 radical (unpaired) electrons. The summed E-state index contributed by atoms with van der Waals surface area (Å²) in [6.07, 6.45) is 0. The van der Waals surface area contributed by atoms with E-state index in [1.165, 1.54) is 143 Å². The van der Waals surface area contributed by atoms with Gasteiger partial charge in [-0.25, -0.2) is 0 Å². The first-order valence-electron chi connectivity index (χ1n) is 22.1. The average Bonchev–Trinajstić information content (AvgIpc) is 3.25. The molecular weight excluding hydrogens is 750 g/mol. The summed E-state index contributed by atoms with van der Waals surface area (Å²) in [5.74, 6) is 3.79. The van der Waals surface area contributed by atoms with Gasteiger partial charge in [-0.15, -0.1) is 0 Å². The molecule has 0 fully saturated rings. The first-order valence-corrected chi connectivity index (χ1v) is 22.1. The second-order valence-corrected chi connectivity index (χ2v) is 18.6. The first kappa shape index (κ1) is 34.7. The number of para-hydroxylation sites is 2. The molecule has 10 aromatic carbocycles. The average molecular weight is 791 g/mol. The summed E-state index contributed by atoms with van der Waals surface area (Å²) in [5, 5.41) is 8.10. The van der Waals surface area contributed by atoms with E-state index in [0.29, 0.717) is 0 Å². The second-order valence-electron chi connectivity index (χ2n) is 18.6.